The highest BCUT2D eigenvalue weighted by Crippen LogP contribution is 2.27. The van der Waals surface area contributed by atoms with Gasteiger partial charge in [0.15, 0.2) is 0 Å². The highest BCUT2D eigenvalue weighted by molar-refractivity contribution is 7.91. The van der Waals surface area contributed by atoms with E-state index in [1.54, 1.807) is 12.1 Å². The third kappa shape index (κ3) is 7.65. The number of hydrogen-bond donors (Lipinski definition) is 4. The topological polar surface area (TPSA) is 98.7 Å². The van der Waals surface area contributed by atoms with Crippen molar-refractivity contribution in [3.63, 3.8) is 0 Å². The molecule has 1 aliphatic rings. The number of nitrogens with one attached hydrogen (secondary N) is 2. The van der Waals surface area contributed by atoms with E-state index in [1.165, 1.54) is 44.2 Å². The molecule has 4 N–H and O–H groups in total. The quantitative estimate of drug-likeness (QED) is 0.423. The predicted octanol–water partition coefficient (Wildman–Crippen LogP) is 2.76. The first-order chi connectivity index (χ1) is 14.8. The van der Waals surface area contributed by atoms with Gasteiger partial charge in [0, 0.05) is 18.3 Å². The number of hydrogen-bond acceptors (Lipinski definition) is 5. The maximum atomic E-state index is 12.7. The van der Waals surface area contributed by atoms with Crippen LogP contribution in [0.5, 0.6) is 0 Å². The van der Waals surface area contributed by atoms with Crippen molar-refractivity contribution in [1.29, 1.82) is 0 Å². The number of rotatable bonds is 10. The predicted molar refractivity (Wildman–Crippen MR) is 126 cm³/mol. The summed E-state index contributed by atoms with van der Waals surface area (Å²) in [4.78, 5) is 0. The van der Waals surface area contributed by atoms with Crippen LogP contribution in [-0.4, -0.2) is 31.6 Å². The van der Waals surface area contributed by atoms with Gasteiger partial charge in [0.25, 0.3) is 0 Å². The Balaban J connectivity index is 1.60. The average molecular weight is 444 g/mol. The minimum atomic E-state index is -3.65. The first-order valence-corrected chi connectivity index (χ1v) is 12.7. The molecule has 1 aliphatic carbocycles. The van der Waals surface area contributed by atoms with Gasteiger partial charge < -0.3 is 15.4 Å². The van der Waals surface area contributed by atoms with Crippen molar-refractivity contribution in [2.24, 2.45) is 5.92 Å². The van der Waals surface area contributed by atoms with E-state index in [-0.39, 0.29) is 11.2 Å². The zero-order valence-electron chi connectivity index (χ0n) is 18.1. The van der Waals surface area contributed by atoms with Gasteiger partial charge >= 0.3 is 7.12 Å². The van der Waals surface area contributed by atoms with Crippen molar-refractivity contribution in [2.45, 2.75) is 63.8 Å². The Morgan fingerprint density at radius 3 is 2.45 bits per heavy atom. The molecule has 1 fully saturated rings. The number of anilines is 1. The zero-order chi connectivity index (χ0) is 22.3. The van der Waals surface area contributed by atoms with Gasteiger partial charge in [-0.25, -0.2) is 8.42 Å². The largest absolute Gasteiger partial charge is 0.488 e. The van der Waals surface area contributed by atoms with Crippen LogP contribution in [0.25, 0.3) is 0 Å². The Bertz CT molecular complexity index is 946. The maximum absolute atomic E-state index is 12.7. The zero-order valence-corrected chi connectivity index (χ0v) is 18.9. The summed E-state index contributed by atoms with van der Waals surface area (Å²) in [5.74, 6) is 0.651. The van der Waals surface area contributed by atoms with Crippen molar-refractivity contribution >= 4 is 28.3 Å². The molecule has 31 heavy (non-hydrogen) atoms. The van der Waals surface area contributed by atoms with Crippen LogP contribution in [0.3, 0.4) is 0 Å². The van der Waals surface area contributed by atoms with E-state index in [2.05, 4.69) is 17.0 Å². The molecule has 0 aliphatic heterocycles. The molecule has 0 radical (unpaired) electrons. The van der Waals surface area contributed by atoms with Crippen LogP contribution in [0.2, 0.25) is 0 Å². The van der Waals surface area contributed by atoms with E-state index in [0.29, 0.717) is 18.3 Å². The molecular formula is C23H33BN2O4S. The van der Waals surface area contributed by atoms with Crippen molar-refractivity contribution in [1.82, 2.24) is 5.32 Å². The van der Waals surface area contributed by atoms with E-state index in [1.807, 2.05) is 24.3 Å². The second-order valence-corrected chi connectivity index (χ2v) is 10.4. The summed E-state index contributed by atoms with van der Waals surface area (Å²) in [6.07, 6.45) is 7.84. The fraction of sp³-hybridized carbons (Fsp3) is 0.478. The lowest BCUT2D eigenvalue weighted by Crippen LogP contribution is -2.30. The monoisotopic (exact) mass is 444 g/mol. The van der Waals surface area contributed by atoms with Gasteiger partial charge in [-0.1, -0.05) is 68.5 Å². The molecule has 2 aromatic carbocycles. The molecule has 8 heteroatoms. The van der Waals surface area contributed by atoms with E-state index < -0.39 is 17.1 Å². The number of sulfonamides is 1. The van der Waals surface area contributed by atoms with Gasteiger partial charge in [-0.3, -0.25) is 4.72 Å². The van der Waals surface area contributed by atoms with Crippen LogP contribution in [-0.2, 0) is 22.3 Å². The Kier molecular flexibility index (Phi) is 8.54. The van der Waals surface area contributed by atoms with E-state index in [0.717, 1.165) is 23.5 Å². The van der Waals surface area contributed by atoms with Gasteiger partial charge in [0.1, 0.15) is 0 Å². The molecule has 2 aromatic rings. The van der Waals surface area contributed by atoms with E-state index >= 15 is 0 Å². The van der Waals surface area contributed by atoms with Gasteiger partial charge in [-0.05, 0) is 48.0 Å². The summed E-state index contributed by atoms with van der Waals surface area (Å²) in [5.41, 5.74) is 2.27. The summed E-state index contributed by atoms with van der Waals surface area (Å²) in [5, 5.41) is 22.2. The van der Waals surface area contributed by atoms with Gasteiger partial charge in [0.2, 0.25) is 10.0 Å². The lowest BCUT2D eigenvalue weighted by molar-refractivity contribution is 0.304. The Labute approximate surface area is 186 Å². The molecule has 1 atom stereocenters. The Morgan fingerprint density at radius 1 is 1.03 bits per heavy atom. The van der Waals surface area contributed by atoms with E-state index in [9.17, 15) is 18.5 Å². The summed E-state index contributed by atoms with van der Waals surface area (Å²) in [6.45, 7) is 2.84. The molecule has 0 spiro atoms. The minimum absolute atomic E-state index is 0.145. The highest BCUT2D eigenvalue weighted by atomic mass is 32.2. The molecular weight excluding hydrogens is 411 g/mol. The van der Waals surface area contributed by atoms with Gasteiger partial charge in [-0.15, -0.1) is 0 Å². The van der Waals surface area contributed by atoms with Crippen LogP contribution in [0.4, 0.5) is 5.69 Å². The second kappa shape index (κ2) is 11.1. The Morgan fingerprint density at radius 2 is 1.74 bits per heavy atom. The van der Waals surface area contributed by atoms with Gasteiger partial charge in [0.05, 0.1) is 5.75 Å². The smallest absolute Gasteiger partial charge is 0.423 e. The molecule has 1 saturated carbocycles. The fourth-order valence-electron chi connectivity index (χ4n) is 4.34. The number of benzene rings is 2. The van der Waals surface area contributed by atoms with Crippen LogP contribution >= 0.6 is 0 Å². The van der Waals surface area contributed by atoms with Gasteiger partial charge in [-0.2, -0.15) is 0 Å². The molecule has 1 unspecified atom stereocenters. The van der Waals surface area contributed by atoms with E-state index in [4.69, 9.17) is 0 Å². The highest BCUT2D eigenvalue weighted by Gasteiger charge is 2.18. The van der Waals surface area contributed by atoms with Crippen molar-refractivity contribution < 1.29 is 18.5 Å². The lowest BCUT2D eigenvalue weighted by Gasteiger charge is -2.25. The van der Waals surface area contributed by atoms with Crippen molar-refractivity contribution in [3.8, 4) is 0 Å². The van der Waals surface area contributed by atoms with Crippen molar-refractivity contribution in [2.75, 3.05) is 4.72 Å². The molecule has 168 valence electrons. The fourth-order valence-corrected chi connectivity index (χ4v) is 5.59. The molecule has 0 saturated heterocycles. The third-order valence-electron chi connectivity index (χ3n) is 5.97. The normalized spacial score (nSPS) is 16.1. The standard InChI is InChI=1S/C23H33BN2O4S/c1-18(14-19-8-3-2-4-9-19)25-16-20-10-5-6-11-21(20)17-31(29,30)26-23-13-7-12-22(15-23)24(27)28/h5-7,10-13,15,18-19,25-28H,2-4,8-9,14,16-17H2,1H3. The average Bonchev–Trinajstić information content (AvgIpc) is 2.73. The minimum Gasteiger partial charge on any atom is -0.423 e. The lowest BCUT2D eigenvalue weighted by atomic mass is 9.80. The van der Waals surface area contributed by atoms with Crippen LogP contribution in [0.1, 0.15) is 56.6 Å². The Hall–Kier alpha value is -1.87. The van der Waals surface area contributed by atoms with Crippen LogP contribution in [0.15, 0.2) is 48.5 Å². The summed E-state index contributed by atoms with van der Waals surface area (Å²) < 4.78 is 28.0. The maximum Gasteiger partial charge on any atom is 0.488 e. The van der Waals surface area contributed by atoms with Crippen molar-refractivity contribution in [3.05, 3.63) is 59.7 Å². The molecule has 0 heterocycles. The molecule has 3 rings (SSSR count). The second-order valence-electron chi connectivity index (χ2n) is 8.65. The first kappa shape index (κ1) is 23.8. The molecule has 0 aromatic heterocycles. The SMILES string of the molecule is CC(CC1CCCCC1)NCc1ccccc1CS(=O)(=O)Nc1cccc(B(O)O)c1. The van der Waals surface area contributed by atoms with Crippen LogP contribution < -0.4 is 15.5 Å². The van der Waals surface area contributed by atoms with Crippen LogP contribution in [0, 0.1) is 5.92 Å². The first-order valence-electron chi connectivity index (χ1n) is 11.1. The summed E-state index contributed by atoms with van der Waals surface area (Å²) in [7, 11) is -5.30. The summed E-state index contributed by atoms with van der Waals surface area (Å²) >= 11 is 0. The third-order valence-corrected chi connectivity index (χ3v) is 7.21. The summed E-state index contributed by atoms with van der Waals surface area (Å²) in [6, 6.07) is 14.1. The molecule has 6 nitrogen and oxygen atoms in total. The molecule has 0 bridgehead atoms. The molecule has 0 amide bonds.